The van der Waals surface area contributed by atoms with Crippen molar-refractivity contribution in [3.8, 4) is 0 Å². The summed E-state index contributed by atoms with van der Waals surface area (Å²) < 4.78 is 6.95. The van der Waals surface area contributed by atoms with Crippen LogP contribution < -0.4 is 10.6 Å². The van der Waals surface area contributed by atoms with Gasteiger partial charge in [-0.15, -0.1) is 0 Å². The van der Waals surface area contributed by atoms with Crippen molar-refractivity contribution < 1.29 is 14.0 Å². The average molecular weight is 355 g/mol. The molecule has 0 aliphatic heterocycles. The van der Waals surface area contributed by atoms with Gasteiger partial charge in [-0.05, 0) is 39.0 Å². The van der Waals surface area contributed by atoms with Gasteiger partial charge in [0.2, 0.25) is 5.91 Å². The first kappa shape index (κ1) is 17.7. The monoisotopic (exact) mass is 355 g/mol. The fraction of sp³-hybridized carbons (Fsp3) is 0.333. The van der Waals surface area contributed by atoms with E-state index in [0.29, 0.717) is 17.0 Å². The van der Waals surface area contributed by atoms with Crippen LogP contribution >= 0.6 is 0 Å². The highest BCUT2D eigenvalue weighted by Gasteiger charge is 2.16. The molecule has 0 unspecified atom stereocenters. The van der Waals surface area contributed by atoms with Crippen LogP contribution in [0.5, 0.6) is 0 Å². The summed E-state index contributed by atoms with van der Waals surface area (Å²) in [7, 11) is 0. The summed E-state index contributed by atoms with van der Waals surface area (Å²) >= 11 is 0. The number of hydrogen-bond donors (Lipinski definition) is 2. The van der Waals surface area contributed by atoms with Crippen molar-refractivity contribution in [3.63, 3.8) is 0 Å². The highest BCUT2D eigenvalue weighted by molar-refractivity contribution is 5.99. The quantitative estimate of drug-likeness (QED) is 0.704. The number of amides is 2. The number of rotatable bonds is 6. The third-order valence-corrected chi connectivity index (χ3v) is 3.94. The summed E-state index contributed by atoms with van der Waals surface area (Å²) in [5, 5.41) is 10.4. The Bertz CT molecular complexity index is 928. The topological polar surface area (TPSA) is 102 Å². The van der Waals surface area contributed by atoms with Crippen LogP contribution in [0.3, 0.4) is 0 Å². The second-order valence-electron chi connectivity index (χ2n) is 6.26. The molecule has 3 aromatic rings. The van der Waals surface area contributed by atoms with Crippen molar-refractivity contribution in [1.82, 2.24) is 25.4 Å². The van der Waals surface area contributed by atoms with Gasteiger partial charge in [-0.25, -0.2) is 9.67 Å². The smallest absolute Gasteiger partial charge is 0.253 e. The molecule has 136 valence electrons. The van der Waals surface area contributed by atoms with Gasteiger partial charge in [-0.2, -0.15) is 5.10 Å². The lowest BCUT2D eigenvalue weighted by Crippen LogP contribution is -2.36. The molecule has 2 amide bonds. The molecule has 2 N–H and O–H groups in total. The Kier molecular flexibility index (Phi) is 5.01. The van der Waals surface area contributed by atoms with Crippen LogP contribution in [0.2, 0.25) is 0 Å². The number of pyridine rings is 1. The van der Waals surface area contributed by atoms with E-state index in [4.69, 9.17) is 4.42 Å². The fourth-order valence-corrected chi connectivity index (χ4v) is 2.59. The minimum Gasteiger partial charge on any atom is -0.467 e. The molecule has 8 nitrogen and oxygen atoms in total. The highest BCUT2D eigenvalue weighted by atomic mass is 16.3. The third kappa shape index (κ3) is 3.74. The zero-order chi connectivity index (χ0) is 18.7. The number of carbonyl (C=O) groups excluding carboxylic acids is 2. The van der Waals surface area contributed by atoms with E-state index in [-0.39, 0.29) is 30.9 Å². The fourth-order valence-electron chi connectivity index (χ4n) is 2.59. The molecule has 0 aromatic carbocycles. The number of hydrogen-bond acceptors (Lipinski definition) is 5. The Morgan fingerprint density at radius 3 is 2.81 bits per heavy atom. The number of carbonyl (C=O) groups is 2. The van der Waals surface area contributed by atoms with Gasteiger partial charge in [-0.3, -0.25) is 9.59 Å². The second-order valence-corrected chi connectivity index (χ2v) is 6.26. The van der Waals surface area contributed by atoms with E-state index in [1.54, 1.807) is 31.3 Å². The SMILES string of the molecule is Cc1nc2c(cnn2C(C)C)cc1C(=O)NCC(=O)NCc1ccco1. The van der Waals surface area contributed by atoms with Gasteiger partial charge in [0, 0.05) is 11.4 Å². The van der Waals surface area contributed by atoms with Crippen molar-refractivity contribution >= 4 is 22.8 Å². The lowest BCUT2D eigenvalue weighted by Gasteiger charge is -2.10. The summed E-state index contributed by atoms with van der Waals surface area (Å²) in [5.74, 6) is 0.00810. The number of fused-ring (bicyclic) bond motifs is 1. The van der Waals surface area contributed by atoms with Crippen LogP contribution in [0.25, 0.3) is 11.0 Å². The molecule has 26 heavy (non-hydrogen) atoms. The van der Waals surface area contributed by atoms with E-state index < -0.39 is 0 Å². The molecule has 0 atom stereocenters. The molecule has 0 aliphatic rings. The molecule has 8 heteroatoms. The van der Waals surface area contributed by atoms with Gasteiger partial charge in [0.05, 0.1) is 36.8 Å². The minimum atomic E-state index is -0.345. The molecule has 0 saturated heterocycles. The zero-order valence-electron chi connectivity index (χ0n) is 14.9. The molecule has 0 aliphatic carbocycles. The van der Waals surface area contributed by atoms with Gasteiger partial charge in [0.15, 0.2) is 5.65 Å². The molecule has 3 aromatic heterocycles. The van der Waals surface area contributed by atoms with Gasteiger partial charge in [0.1, 0.15) is 5.76 Å². The summed E-state index contributed by atoms with van der Waals surface area (Å²) in [6.07, 6.45) is 3.23. The zero-order valence-corrected chi connectivity index (χ0v) is 14.9. The number of aryl methyl sites for hydroxylation is 1. The Balaban J connectivity index is 1.64. The minimum absolute atomic E-state index is 0.123. The van der Waals surface area contributed by atoms with Crippen LogP contribution in [-0.4, -0.2) is 33.1 Å². The predicted molar refractivity (Wildman–Crippen MR) is 95.5 cm³/mol. The van der Waals surface area contributed by atoms with E-state index >= 15 is 0 Å². The Morgan fingerprint density at radius 2 is 2.12 bits per heavy atom. The molecule has 3 rings (SSSR count). The molecule has 0 fully saturated rings. The van der Waals surface area contributed by atoms with Crippen LogP contribution in [0.4, 0.5) is 0 Å². The summed E-state index contributed by atoms with van der Waals surface area (Å²) in [4.78, 5) is 28.8. The van der Waals surface area contributed by atoms with E-state index in [1.807, 2.05) is 18.5 Å². The predicted octanol–water partition coefficient (Wildman–Crippen LogP) is 1.96. The molecular weight excluding hydrogens is 334 g/mol. The largest absolute Gasteiger partial charge is 0.467 e. The Labute approximate surface area is 150 Å². The van der Waals surface area contributed by atoms with E-state index in [1.165, 1.54) is 6.26 Å². The van der Waals surface area contributed by atoms with Gasteiger partial charge in [-0.1, -0.05) is 0 Å². The summed E-state index contributed by atoms with van der Waals surface area (Å²) in [6.45, 7) is 5.96. The van der Waals surface area contributed by atoms with Gasteiger partial charge >= 0.3 is 0 Å². The Hall–Kier alpha value is -3.16. The molecule has 3 heterocycles. The lowest BCUT2D eigenvalue weighted by molar-refractivity contribution is -0.120. The number of nitrogens with zero attached hydrogens (tertiary/aromatic N) is 3. The summed E-state index contributed by atoms with van der Waals surface area (Å²) in [6, 6.07) is 5.44. The lowest BCUT2D eigenvalue weighted by atomic mass is 10.1. The molecular formula is C18H21N5O3. The van der Waals surface area contributed by atoms with Crippen LogP contribution in [0, 0.1) is 6.92 Å². The second kappa shape index (κ2) is 7.38. The van der Waals surface area contributed by atoms with Gasteiger partial charge in [0.25, 0.3) is 5.91 Å². The average Bonchev–Trinajstić information content (AvgIpc) is 3.26. The van der Waals surface area contributed by atoms with Crippen molar-refractivity contribution in [3.05, 3.63) is 47.7 Å². The first-order valence-electron chi connectivity index (χ1n) is 8.38. The normalized spacial score (nSPS) is 11.1. The molecule has 0 bridgehead atoms. The van der Waals surface area contributed by atoms with E-state index in [9.17, 15) is 9.59 Å². The molecule has 0 saturated carbocycles. The van der Waals surface area contributed by atoms with E-state index in [0.717, 1.165) is 11.0 Å². The van der Waals surface area contributed by atoms with Crippen molar-refractivity contribution in [2.45, 2.75) is 33.4 Å². The van der Waals surface area contributed by atoms with Crippen LogP contribution in [-0.2, 0) is 11.3 Å². The molecule has 0 spiro atoms. The van der Waals surface area contributed by atoms with Crippen molar-refractivity contribution in [1.29, 1.82) is 0 Å². The van der Waals surface area contributed by atoms with Crippen molar-refractivity contribution in [2.75, 3.05) is 6.54 Å². The van der Waals surface area contributed by atoms with Crippen molar-refractivity contribution in [2.24, 2.45) is 0 Å². The maximum atomic E-state index is 12.4. The summed E-state index contributed by atoms with van der Waals surface area (Å²) in [5.41, 5.74) is 1.76. The van der Waals surface area contributed by atoms with Crippen LogP contribution in [0.1, 0.15) is 41.7 Å². The maximum Gasteiger partial charge on any atom is 0.253 e. The first-order chi connectivity index (χ1) is 12.5. The number of aromatic nitrogens is 3. The number of nitrogens with one attached hydrogen (secondary N) is 2. The molecule has 0 radical (unpaired) electrons. The first-order valence-corrected chi connectivity index (χ1v) is 8.38. The third-order valence-electron chi connectivity index (χ3n) is 3.94. The highest BCUT2D eigenvalue weighted by Crippen LogP contribution is 2.19. The van der Waals surface area contributed by atoms with Crippen LogP contribution in [0.15, 0.2) is 35.1 Å². The Morgan fingerprint density at radius 1 is 1.31 bits per heavy atom. The maximum absolute atomic E-state index is 12.4. The van der Waals surface area contributed by atoms with E-state index in [2.05, 4.69) is 20.7 Å². The standard InChI is InChI=1S/C18H21N5O3/c1-11(2)23-17-13(8-21-23)7-15(12(3)22-17)18(25)20-10-16(24)19-9-14-5-4-6-26-14/h4-8,11H,9-10H2,1-3H3,(H,19,24)(H,20,25). The van der Waals surface area contributed by atoms with Gasteiger partial charge < -0.3 is 15.1 Å². The number of furan rings is 1.